The van der Waals surface area contributed by atoms with E-state index in [1.807, 2.05) is 38.1 Å². The minimum Gasteiger partial charge on any atom is -0.482 e. The predicted molar refractivity (Wildman–Crippen MR) is 116 cm³/mol. The minimum atomic E-state index is -0.639. The van der Waals surface area contributed by atoms with Crippen LogP contribution in [0.4, 0.5) is 0 Å². The normalized spacial score (nSPS) is 11.6. The number of halogens is 2. The first-order valence-corrected chi connectivity index (χ1v) is 10.3. The molecule has 0 aliphatic heterocycles. The molecule has 0 saturated carbocycles. The summed E-state index contributed by atoms with van der Waals surface area (Å²) in [6.07, 6.45) is 0.822. The Labute approximate surface area is 181 Å². The third-order valence-electron chi connectivity index (χ3n) is 4.44. The molecule has 2 amide bonds. The van der Waals surface area contributed by atoms with Crippen molar-refractivity contribution in [2.24, 2.45) is 0 Å². The number of nitrogens with one attached hydrogen (secondary N) is 1. The number of amides is 2. The highest BCUT2D eigenvalue weighted by molar-refractivity contribution is 6.35. The fourth-order valence-electron chi connectivity index (χ4n) is 2.68. The molecule has 0 aliphatic rings. The van der Waals surface area contributed by atoms with Crippen molar-refractivity contribution in [1.29, 1.82) is 0 Å². The van der Waals surface area contributed by atoms with Gasteiger partial charge in [-0.05, 0) is 44.0 Å². The van der Waals surface area contributed by atoms with Crippen LogP contribution in [0.3, 0.4) is 0 Å². The van der Waals surface area contributed by atoms with E-state index in [-0.39, 0.29) is 18.4 Å². The van der Waals surface area contributed by atoms with Crippen LogP contribution in [-0.2, 0) is 16.1 Å². The molecule has 2 rings (SSSR count). The Bertz CT molecular complexity index is 840. The molecular formula is C22H26Cl2N2O3. The van der Waals surface area contributed by atoms with E-state index in [0.29, 0.717) is 28.9 Å². The fraction of sp³-hybridized carbons (Fsp3) is 0.364. The van der Waals surface area contributed by atoms with Crippen LogP contribution in [-0.4, -0.2) is 35.9 Å². The third-order valence-corrected chi connectivity index (χ3v) is 4.97. The second-order valence-electron chi connectivity index (χ2n) is 6.84. The van der Waals surface area contributed by atoms with E-state index in [1.165, 1.54) is 4.90 Å². The van der Waals surface area contributed by atoms with Gasteiger partial charge in [0, 0.05) is 18.1 Å². The van der Waals surface area contributed by atoms with Crippen molar-refractivity contribution in [2.75, 3.05) is 13.2 Å². The Morgan fingerprint density at radius 3 is 2.45 bits per heavy atom. The van der Waals surface area contributed by atoms with Gasteiger partial charge in [-0.1, -0.05) is 60.0 Å². The van der Waals surface area contributed by atoms with Crippen LogP contribution in [0.1, 0.15) is 31.4 Å². The highest BCUT2D eigenvalue weighted by Gasteiger charge is 2.26. The van der Waals surface area contributed by atoms with E-state index in [2.05, 4.69) is 5.32 Å². The van der Waals surface area contributed by atoms with E-state index in [9.17, 15) is 9.59 Å². The molecular weight excluding hydrogens is 411 g/mol. The van der Waals surface area contributed by atoms with Gasteiger partial charge in [-0.3, -0.25) is 9.59 Å². The Hall–Kier alpha value is -2.24. The lowest BCUT2D eigenvalue weighted by atomic mass is 10.1. The highest BCUT2D eigenvalue weighted by atomic mass is 35.5. The first kappa shape index (κ1) is 23.0. The number of hydrogen-bond donors (Lipinski definition) is 1. The smallest absolute Gasteiger partial charge is 0.261 e. The van der Waals surface area contributed by atoms with Gasteiger partial charge in [-0.15, -0.1) is 0 Å². The summed E-state index contributed by atoms with van der Waals surface area (Å²) in [4.78, 5) is 26.9. The molecule has 2 aromatic rings. The summed E-state index contributed by atoms with van der Waals surface area (Å²) in [5, 5.41) is 3.65. The first-order valence-electron chi connectivity index (χ1n) is 9.52. The zero-order chi connectivity index (χ0) is 21.4. The molecule has 5 nitrogen and oxygen atoms in total. The Morgan fingerprint density at radius 1 is 1.14 bits per heavy atom. The number of aryl methyl sites for hydroxylation is 1. The molecule has 1 unspecified atom stereocenters. The highest BCUT2D eigenvalue weighted by Crippen LogP contribution is 2.27. The molecule has 29 heavy (non-hydrogen) atoms. The van der Waals surface area contributed by atoms with Crippen molar-refractivity contribution in [3.8, 4) is 5.75 Å². The van der Waals surface area contributed by atoms with Gasteiger partial charge >= 0.3 is 0 Å². The first-order chi connectivity index (χ1) is 13.8. The topological polar surface area (TPSA) is 58.6 Å². The molecule has 0 spiro atoms. The maximum absolute atomic E-state index is 12.9. The molecule has 2 aromatic carbocycles. The maximum atomic E-state index is 12.9. The molecule has 1 atom stereocenters. The van der Waals surface area contributed by atoms with Crippen LogP contribution in [0, 0.1) is 6.92 Å². The predicted octanol–water partition coefficient (Wildman–Crippen LogP) is 4.62. The lowest BCUT2D eigenvalue weighted by molar-refractivity contribution is -0.142. The van der Waals surface area contributed by atoms with Crippen LogP contribution in [0.2, 0.25) is 10.0 Å². The van der Waals surface area contributed by atoms with Crippen molar-refractivity contribution in [3.05, 3.63) is 63.6 Å². The van der Waals surface area contributed by atoms with Crippen LogP contribution in [0.5, 0.6) is 5.75 Å². The number of rotatable bonds is 9. The number of ether oxygens (including phenoxy) is 1. The summed E-state index contributed by atoms with van der Waals surface area (Å²) >= 11 is 12.0. The van der Waals surface area contributed by atoms with E-state index < -0.39 is 6.04 Å². The van der Waals surface area contributed by atoms with Crippen molar-refractivity contribution >= 4 is 35.0 Å². The Kier molecular flexibility index (Phi) is 8.80. The quantitative estimate of drug-likeness (QED) is 0.623. The van der Waals surface area contributed by atoms with Crippen molar-refractivity contribution in [2.45, 2.75) is 39.8 Å². The number of carbonyl (C=O) groups excluding carboxylic acids is 2. The molecule has 1 N–H and O–H groups in total. The van der Waals surface area contributed by atoms with Gasteiger partial charge in [0.25, 0.3) is 5.91 Å². The lowest BCUT2D eigenvalue weighted by Gasteiger charge is -2.28. The third kappa shape index (κ3) is 6.94. The van der Waals surface area contributed by atoms with E-state index in [1.54, 1.807) is 25.1 Å². The molecule has 7 heteroatoms. The van der Waals surface area contributed by atoms with Crippen LogP contribution < -0.4 is 10.1 Å². The second kappa shape index (κ2) is 11.1. The van der Waals surface area contributed by atoms with Gasteiger partial charge in [0.2, 0.25) is 5.91 Å². The number of nitrogens with zero attached hydrogens (tertiary/aromatic N) is 1. The molecule has 156 valence electrons. The van der Waals surface area contributed by atoms with Gasteiger partial charge in [-0.25, -0.2) is 0 Å². The minimum absolute atomic E-state index is 0.197. The van der Waals surface area contributed by atoms with Gasteiger partial charge in [0.15, 0.2) is 6.61 Å². The SMILES string of the molecule is CCCNC(=O)C(C)N(Cc1ccc(C)cc1)C(=O)COc1ccc(Cl)cc1Cl. The monoisotopic (exact) mass is 436 g/mol. The van der Waals surface area contributed by atoms with Gasteiger partial charge in [0.1, 0.15) is 11.8 Å². The summed E-state index contributed by atoms with van der Waals surface area (Å²) in [5.74, 6) is -0.143. The standard InChI is InChI=1S/C22H26Cl2N2O3/c1-4-11-25-22(28)16(3)26(13-17-7-5-15(2)6-8-17)21(27)14-29-20-10-9-18(23)12-19(20)24/h5-10,12,16H,4,11,13-14H2,1-3H3,(H,25,28). The molecule has 0 aliphatic carbocycles. The number of carbonyl (C=O) groups is 2. The Balaban J connectivity index is 2.14. The van der Waals surface area contributed by atoms with Crippen LogP contribution in [0.15, 0.2) is 42.5 Å². The van der Waals surface area contributed by atoms with Gasteiger partial charge < -0.3 is 15.0 Å². The van der Waals surface area contributed by atoms with Crippen molar-refractivity contribution in [1.82, 2.24) is 10.2 Å². The largest absolute Gasteiger partial charge is 0.482 e. The summed E-state index contributed by atoms with van der Waals surface area (Å²) in [7, 11) is 0. The summed E-state index contributed by atoms with van der Waals surface area (Å²) in [6, 6.07) is 12.0. The average Bonchev–Trinajstić information content (AvgIpc) is 2.70. The van der Waals surface area contributed by atoms with Crippen LogP contribution >= 0.6 is 23.2 Å². The van der Waals surface area contributed by atoms with Crippen LogP contribution in [0.25, 0.3) is 0 Å². The van der Waals surface area contributed by atoms with E-state index in [0.717, 1.165) is 17.5 Å². The fourth-order valence-corrected chi connectivity index (χ4v) is 3.15. The van der Waals surface area contributed by atoms with E-state index >= 15 is 0 Å². The lowest BCUT2D eigenvalue weighted by Crippen LogP contribution is -2.49. The zero-order valence-electron chi connectivity index (χ0n) is 16.9. The number of benzene rings is 2. The number of hydrogen-bond acceptors (Lipinski definition) is 3. The average molecular weight is 437 g/mol. The summed E-state index contributed by atoms with van der Waals surface area (Å²) in [5.41, 5.74) is 2.06. The zero-order valence-corrected chi connectivity index (χ0v) is 18.4. The summed E-state index contributed by atoms with van der Waals surface area (Å²) < 4.78 is 5.59. The van der Waals surface area contributed by atoms with E-state index in [4.69, 9.17) is 27.9 Å². The molecule has 0 radical (unpaired) electrons. The molecule has 0 fully saturated rings. The molecule has 0 heterocycles. The summed E-state index contributed by atoms with van der Waals surface area (Å²) in [6.45, 7) is 6.32. The van der Waals surface area contributed by atoms with Gasteiger partial charge in [0.05, 0.1) is 5.02 Å². The van der Waals surface area contributed by atoms with Gasteiger partial charge in [-0.2, -0.15) is 0 Å². The molecule has 0 bridgehead atoms. The molecule has 0 aromatic heterocycles. The second-order valence-corrected chi connectivity index (χ2v) is 7.68. The van der Waals surface area contributed by atoms with Crippen molar-refractivity contribution in [3.63, 3.8) is 0 Å². The van der Waals surface area contributed by atoms with Crippen molar-refractivity contribution < 1.29 is 14.3 Å². The Morgan fingerprint density at radius 2 is 1.83 bits per heavy atom. The maximum Gasteiger partial charge on any atom is 0.261 e. The molecule has 0 saturated heterocycles.